The van der Waals surface area contributed by atoms with E-state index in [9.17, 15) is 18.4 Å². The Bertz CT molecular complexity index is 1040. The molecule has 1 aliphatic carbocycles. The van der Waals surface area contributed by atoms with Crippen LogP contribution in [-0.2, 0) is 26.2 Å². The molecule has 1 aliphatic heterocycles. The Morgan fingerprint density at radius 3 is 2.62 bits per heavy atom. The largest absolute Gasteiger partial charge is 0.381 e. The van der Waals surface area contributed by atoms with Crippen molar-refractivity contribution in [2.45, 2.75) is 36.8 Å². The Hall–Kier alpha value is -2.65. The molecule has 2 aliphatic rings. The van der Waals surface area contributed by atoms with Gasteiger partial charge in [0.05, 0.1) is 28.8 Å². The number of nitrogens with zero attached hydrogens (tertiary/aromatic N) is 1. The molecule has 170 valence electrons. The van der Waals surface area contributed by atoms with E-state index < -0.39 is 41.4 Å². The standard InChI is InChI=1S/C22H21ClF3N3O3/c1-32-16-8-22(18-15(24)7-13(23)9-27-18,19-21(31)28-10-17(30)29-19)14(16)6-11-2-4-12(5-3-11)20(25)26/h2-5,7,9,14,16,19-20H,6,8,10H2,1H3,(H,28,31)(H,29,30)/t14-,16+,19?,22-/m1/s1. The van der Waals surface area contributed by atoms with Gasteiger partial charge in [-0.15, -0.1) is 0 Å². The number of ether oxygens (including phenoxy) is 1. The molecule has 0 radical (unpaired) electrons. The summed E-state index contributed by atoms with van der Waals surface area (Å²) in [5, 5.41) is 5.33. The lowest BCUT2D eigenvalue weighted by molar-refractivity contribution is -0.147. The predicted molar refractivity (Wildman–Crippen MR) is 110 cm³/mol. The van der Waals surface area contributed by atoms with Gasteiger partial charge < -0.3 is 15.4 Å². The maximum atomic E-state index is 15.1. The summed E-state index contributed by atoms with van der Waals surface area (Å²) in [4.78, 5) is 29.2. The lowest BCUT2D eigenvalue weighted by atomic mass is 9.50. The molecule has 2 fully saturated rings. The molecule has 4 rings (SSSR count). The highest BCUT2D eigenvalue weighted by Crippen LogP contribution is 2.54. The summed E-state index contributed by atoms with van der Waals surface area (Å²) in [7, 11) is 1.51. The number of hydrogen-bond donors (Lipinski definition) is 2. The Kier molecular flexibility index (Phi) is 6.13. The fourth-order valence-electron chi connectivity index (χ4n) is 4.82. The van der Waals surface area contributed by atoms with E-state index in [1.54, 1.807) is 12.1 Å². The van der Waals surface area contributed by atoms with Crippen LogP contribution < -0.4 is 10.6 Å². The van der Waals surface area contributed by atoms with E-state index in [2.05, 4.69) is 15.6 Å². The summed E-state index contributed by atoms with van der Waals surface area (Å²) in [6.45, 7) is -0.171. The van der Waals surface area contributed by atoms with Gasteiger partial charge in [-0.2, -0.15) is 0 Å². The first-order valence-corrected chi connectivity index (χ1v) is 10.4. The second kappa shape index (κ2) is 8.71. The maximum absolute atomic E-state index is 15.1. The summed E-state index contributed by atoms with van der Waals surface area (Å²) in [6, 6.07) is 5.84. The number of piperazine rings is 1. The molecule has 6 nitrogen and oxygen atoms in total. The highest BCUT2D eigenvalue weighted by Gasteiger charge is 2.63. The number of methoxy groups -OCH3 is 1. The fourth-order valence-corrected chi connectivity index (χ4v) is 4.96. The first kappa shape index (κ1) is 22.5. The van der Waals surface area contributed by atoms with Gasteiger partial charge in [-0.3, -0.25) is 14.6 Å². The van der Waals surface area contributed by atoms with Gasteiger partial charge in [0.25, 0.3) is 6.43 Å². The van der Waals surface area contributed by atoms with Crippen molar-refractivity contribution in [3.05, 3.63) is 64.2 Å². The molecule has 2 N–H and O–H groups in total. The van der Waals surface area contributed by atoms with Gasteiger partial charge in [-0.25, -0.2) is 13.2 Å². The van der Waals surface area contributed by atoms with Gasteiger partial charge in [-0.1, -0.05) is 35.9 Å². The zero-order valence-electron chi connectivity index (χ0n) is 17.1. The molecule has 1 saturated heterocycles. The van der Waals surface area contributed by atoms with Crippen molar-refractivity contribution in [3.8, 4) is 0 Å². The number of carbonyl (C=O) groups excluding carboxylic acids is 2. The van der Waals surface area contributed by atoms with Gasteiger partial charge in [-0.05, 0) is 24.5 Å². The van der Waals surface area contributed by atoms with Crippen LogP contribution in [0.15, 0.2) is 36.5 Å². The van der Waals surface area contributed by atoms with Crippen LogP contribution in [0.3, 0.4) is 0 Å². The zero-order chi connectivity index (χ0) is 23.0. The van der Waals surface area contributed by atoms with Crippen LogP contribution >= 0.6 is 11.6 Å². The molecule has 1 aromatic carbocycles. The molecule has 0 bridgehead atoms. The van der Waals surface area contributed by atoms with E-state index in [4.69, 9.17) is 16.3 Å². The van der Waals surface area contributed by atoms with E-state index in [0.29, 0.717) is 12.0 Å². The van der Waals surface area contributed by atoms with Gasteiger partial charge in [0, 0.05) is 24.8 Å². The average molecular weight is 468 g/mol. The summed E-state index contributed by atoms with van der Waals surface area (Å²) >= 11 is 5.89. The molecule has 2 amide bonds. The minimum Gasteiger partial charge on any atom is -0.381 e. The Balaban J connectivity index is 1.78. The second-order valence-electron chi connectivity index (χ2n) is 8.07. The zero-order valence-corrected chi connectivity index (χ0v) is 17.8. The number of benzene rings is 1. The topological polar surface area (TPSA) is 80.3 Å². The average Bonchev–Trinajstić information content (AvgIpc) is 2.75. The van der Waals surface area contributed by atoms with Crippen LogP contribution in [0.2, 0.25) is 5.02 Å². The van der Waals surface area contributed by atoms with Crippen LogP contribution in [0.5, 0.6) is 0 Å². The van der Waals surface area contributed by atoms with Crippen molar-refractivity contribution in [2.75, 3.05) is 13.7 Å². The molecule has 1 aromatic heterocycles. The van der Waals surface area contributed by atoms with Crippen molar-refractivity contribution < 1.29 is 27.5 Å². The predicted octanol–water partition coefficient (Wildman–Crippen LogP) is 2.94. The van der Waals surface area contributed by atoms with Crippen LogP contribution in [0.25, 0.3) is 0 Å². The smallest absolute Gasteiger partial charge is 0.263 e. The molecule has 1 saturated carbocycles. The molecule has 0 spiro atoms. The first-order chi connectivity index (χ1) is 15.3. The lowest BCUT2D eigenvalue weighted by Crippen LogP contribution is -2.73. The molecule has 32 heavy (non-hydrogen) atoms. The normalized spacial score (nSPS) is 27.6. The number of amides is 2. The van der Waals surface area contributed by atoms with E-state index in [1.807, 2.05) is 0 Å². The quantitative estimate of drug-likeness (QED) is 0.684. The Labute approximate surface area is 187 Å². The van der Waals surface area contributed by atoms with E-state index in [-0.39, 0.29) is 35.3 Å². The van der Waals surface area contributed by atoms with Crippen molar-refractivity contribution in [3.63, 3.8) is 0 Å². The highest BCUT2D eigenvalue weighted by atomic mass is 35.5. The van der Waals surface area contributed by atoms with Crippen LogP contribution in [0, 0.1) is 11.7 Å². The first-order valence-electron chi connectivity index (χ1n) is 10.0. The summed E-state index contributed by atoms with van der Waals surface area (Å²) in [5.74, 6) is -2.02. The minimum atomic E-state index is -2.59. The van der Waals surface area contributed by atoms with Crippen molar-refractivity contribution in [1.82, 2.24) is 15.6 Å². The Morgan fingerprint density at radius 1 is 1.28 bits per heavy atom. The third-order valence-electron chi connectivity index (χ3n) is 6.39. The molecule has 1 unspecified atom stereocenters. The number of halogens is 4. The van der Waals surface area contributed by atoms with Gasteiger partial charge in [0.1, 0.15) is 11.9 Å². The summed E-state index contributed by atoms with van der Waals surface area (Å²) in [6.07, 6.45) is -1.14. The molecular weight excluding hydrogens is 447 g/mol. The highest BCUT2D eigenvalue weighted by molar-refractivity contribution is 6.30. The third kappa shape index (κ3) is 3.84. The molecule has 2 heterocycles. The Morgan fingerprint density at radius 2 is 2.00 bits per heavy atom. The fraction of sp³-hybridized carbons (Fsp3) is 0.409. The number of nitrogens with one attached hydrogen (secondary N) is 2. The molecular formula is C22H21ClF3N3O3. The number of pyridine rings is 1. The summed E-state index contributed by atoms with van der Waals surface area (Å²) < 4.78 is 46.6. The monoisotopic (exact) mass is 467 g/mol. The van der Waals surface area contributed by atoms with Gasteiger partial charge in [0.2, 0.25) is 11.8 Å². The van der Waals surface area contributed by atoms with Crippen LogP contribution in [0.1, 0.15) is 29.7 Å². The number of alkyl halides is 2. The van der Waals surface area contributed by atoms with Crippen molar-refractivity contribution in [2.24, 2.45) is 5.92 Å². The van der Waals surface area contributed by atoms with Gasteiger partial charge >= 0.3 is 0 Å². The van der Waals surface area contributed by atoms with E-state index in [0.717, 1.165) is 6.07 Å². The molecule has 2 aromatic rings. The number of aromatic nitrogens is 1. The second-order valence-corrected chi connectivity index (χ2v) is 8.51. The van der Waals surface area contributed by atoms with Crippen LogP contribution in [0.4, 0.5) is 13.2 Å². The minimum absolute atomic E-state index is 0.00625. The maximum Gasteiger partial charge on any atom is 0.263 e. The molecule has 10 heteroatoms. The summed E-state index contributed by atoms with van der Waals surface area (Å²) in [5.41, 5.74) is -0.605. The van der Waals surface area contributed by atoms with Crippen molar-refractivity contribution in [1.29, 1.82) is 0 Å². The lowest BCUT2D eigenvalue weighted by Gasteiger charge is -2.57. The van der Waals surface area contributed by atoms with Crippen LogP contribution in [-0.4, -0.2) is 42.6 Å². The number of rotatable bonds is 6. The molecule has 4 atom stereocenters. The SMILES string of the molecule is CO[C@H]1C[C@@](c2ncc(Cl)cc2F)(C2NC(=O)CNC2=O)[C@@H]1Cc1ccc(C(F)F)cc1. The third-order valence-corrected chi connectivity index (χ3v) is 6.60. The van der Waals surface area contributed by atoms with E-state index >= 15 is 4.39 Å². The van der Waals surface area contributed by atoms with Gasteiger partial charge in [0.15, 0.2) is 0 Å². The van der Waals surface area contributed by atoms with Crippen molar-refractivity contribution >= 4 is 23.4 Å². The number of hydrogen-bond acceptors (Lipinski definition) is 4. The van der Waals surface area contributed by atoms with E-state index in [1.165, 1.54) is 25.4 Å². The number of carbonyl (C=O) groups is 2.